The van der Waals surface area contributed by atoms with Crippen LogP contribution in [0.15, 0.2) is 18.6 Å². The largest absolute Gasteiger partial charge is 0.481 e. The molecule has 6 nitrogen and oxygen atoms in total. The molecule has 2 aromatic rings. The molecule has 0 saturated carbocycles. The molecule has 2 heterocycles. The number of hydrogen-bond donors (Lipinski definition) is 1. The van der Waals surface area contributed by atoms with Crippen molar-refractivity contribution in [2.45, 2.75) is 12.8 Å². The monoisotopic (exact) mass is 192 g/mol. The van der Waals surface area contributed by atoms with E-state index in [1.807, 2.05) is 0 Å². The summed E-state index contributed by atoms with van der Waals surface area (Å²) in [7, 11) is 0. The molecule has 0 fully saturated rings. The van der Waals surface area contributed by atoms with Crippen LogP contribution < -0.4 is 0 Å². The molecule has 0 spiro atoms. The maximum absolute atomic E-state index is 10.7. The Hall–Kier alpha value is -1.98. The van der Waals surface area contributed by atoms with Gasteiger partial charge in [0.05, 0.1) is 17.8 Å². The van der Waals surface area contributed by atoms with E-state index in [2.05, 4.69) is 15.2 Å². The van der Waals surface area contributed by atoms with E-state index in [9.17, 15) is 4.79 Å². The number of aromatic nitrogens is 4. The molecule has 2 aromatic heterocycles. The normalized spacial score (nSPS) is 12.9. The molecule has 14 heavy (non-hydrogen) atoms. The van der Waals surface area contributed by atoms with E-state index < -0.39 is 11.9 Å². The van der Waals surface area contributed by atoms with Crippen molar-refractivity contribution in [3.63, 3.8) is 0 Å². The third kappa shape index (κ3) is 1.30. The highest BCUT2D eigenvalue weighted by Crippen LogP contribution is 2.13. The number of hydrogen-bond acceptors (Lipinski definition) is 4. The highest BCUT2D eigenvalue weighted by atomic mass is 16.4. The van der Waals surface area contributed by atoms with Crippen molar-refractivity contribution in [1.29, 1.82) is 0 Å². The minimum atomic E-state index is -0.902. The first kappa shape index (κ1) is 8.61. The highest BCUT2D eigenvalue weighted by molar-refractivity contribution is 5.75. The molecule has 2 rings (SSSR count). The number of rotatable bonds is 2. The fourth-order valence-electron chi connectivity index (χ4n) is 1.11. The molecule has 1 N–H and O–H groups in total. The van der Waals surface area contributed by atoms with Gasteiger partial charge in [0.15, 0.2) is 0 Å². The summed E-state index contributed by atoms with van der Waals surface area (Å²) in [6.45, 7) is 1.58. The van der Waals surface area contributed by atoms with Crippen LogP contribution in [0.3, 0.4) is 0 Å². The van der Waals surface area contributed by atoms with Crippen LogP contribution in [0.5, 0.6) is 0 Å². The van der Waals surface area contributed by atoms with Gasteiger partial charge in [-0.3, -0.25) is 9.20 Å². The second kappa shape index (κ2) is 3.06. The van der Waals surface area contributed by atoms with Crippen LogP contribution in [-0.2, 0) is 4.79 Å². The summed E-state index contributed by atoms with van der Waals surface area (Å²) in [6, 6.07) is 0. The van der Waals surface area contributed by atoms with Crippen LogP contribution in [0.1, 0.15) is 18.5 Å². The smallest absolute Gasteiger partial charge is 0.312 e. The minimum Gasteiger partial charge on any atom is -0.481 e. The molecule has 0 saturated heterocycles. The van der Waals surface area contributed by atoms with Crippen molar-refractivity contribution in [3.05, 3.63) is 24.3 Å². The third-order valence-corrected chi connectivity index (χ3v) is 1.99. The van der Waals surface area contributed by atoms with Crippen LogP contribution in [0, 0.1) is 0 Å². The summed E-state index contributed by atoms with van der Waals surface area (Å²) in [5, 5.41) is 16.2. The molecule has 0 aromatic carbocycles. The van der Waals surface area contributed by atoms with Crippen LogP contribution in [0.2, 0.25) is 0 Å². The maximum Gasteiger partial charge on any atom is 0.312 e. The molecule has 72 valence electrons. The Morgan fingerprint density at radius 2 is 2.43 bits per heavy atom. The Balaban J connectivity index is 2.50. The lowest BCUT2D eigenvalue weighted by Gasteiger charge is -1.98. The fourth-order valence-corrected chi connectivity index (χ4v) is 1.11. The first-order valence-electron chi connectivity index (χ1n) is 4.07. The summed E-state index contributed by atoms with van der Waals surface area (Å²) >= 11 is 0. The van der Waals surface area contributed by atoms with Crippen molar-refractivity contribution in [2.24, 2.45) is 0 Å². The van der Waals surface area contributed by atoms with Gasteiger partial charge in [0.2, 0.25) is 0 Å². The number of nitrogens with zero attached hydrogens (tertiary/aromatic N) is 4. The topological polar surface area (TPSA) is 80.4 Å². The van der Waals surface area contributed by atoms with E-state index in [0.29, 0.717) is 11.5 Å². The zero-order valence-electron chi connectivity index (χ0n) is 7.45. The molecule has 1 unspecified atom stereocenters. The average Bonchev–Trinajstić information content (AvgIpc) is 2.59. The zero-order valence-corrected chi connectivity index (χ0v) is 7.45. The number of aliphatic carboxylic acids is 1. The summed E-state index contributed by atoms with van der Waals surface area (Å²) in [6.07, 6.45) is 4.83. The Bertz CT molecular complexity index is 446. The van der Waals surface area contributed by atoms with Gasteiger partial charge in [0.25, 0.3) is 5.78 Å². The van der Waals surface area contributed by atoms with Crippen LogP contribution in [-0.4, -0.2) is 30.7 Å². The van der Waals surface area contributed by atoms with E-state index in [-0.39, 0.29) is 0 Å². The Morgan fingerprint density at radius 3 is 3.07 bits per heavy atom. The molecule has 0 bridgehead atoms. The number of carbonyl (C=O) groups is 1. The van der Waals surface area contributed by atoms with Gasteiger partial charge in [-0.05, 0) is 6.92 Å². The van der Waals surface area contributed by atoms with E-state index >= 15 is 0 Å². The Kier molecular flexibility index (Phi) is 1.88. The molecular weight excluding hydrogens is 184 g/mol. The van der Waals surface area contributed by atoms with Gasteiger partial charge >= 0.3 is 5.97 Å². The van der Waals surface area contributed by atoms with Gasteiger partial charge in [0.1, 0.15) is 0 Å². The molecule has 1 atom stereocenters. The first-order chi connectivity index (χ1) is 6.68. The second-order valence-corrected chi connectivity index (χ2v) is 2.95. The number of carboxylic acids is 1. The van der Waals surface area contributed by atoms with Crippen molar-refractivity contribution in [2.75, 3.05) is 0 Å². The molecule has 0 aliphatic carbocycles. The Labute approximate surface area is 79.2 Å². The standard InChI is InChI=1S/C8H8N4O2/c1-5(7(13)14)6-4-12-3-2-9-11-8(12)10-6/h2-5H,1H3,(H,13,14). The first-order valence-corrected chi connectivity index (χ1v) is 4.07. The summed E-state index contributed by atoms with van der Waals surface area (Å²) < 4.78 is 1.64. The lowest BCUT2D eigenvalue weighted by molar-refractivity contribution is -0.138. The Morgan fingerprint density at radius 1 is 1.64 bits per heavy atom. The molecule has 0 amide bonds. The van der Waals surface area contributed by atoms with Gasteiger partial charge in [-0.2, -0.15) is 5.10 Å². The van der Waals surface area contributed by atoms with Gasteiger partial charge in [-0.15, -0.1) is 5.10 Å². The van der Waals surface area contributed by atoms with Crippen LogP contribution in [0.25, 0.3) is 5.78 Å². The summed E-state index contributed by atoms with van der Waals surface area (Å²) in [5.74, 6) is -1.12. The van der Waals surface area contributed by atoms with E-state index in [0.717, 1.165) is 0 Å². The van der Waals surface area contributed by atoms with Crippen molar-refractivity contribution >= 4 is 11.7 Å². The molecule has 0 radical (unpaired) electrons. The number of carboxylic acid groups (broad SMARTS) is 1. The zero-order chi connectivity index (χ0) is 10.1. The van der Waals surface area contributed by atoms with Crippen molar-refractivity contribution < 1.29 is 9.90 Å². The minimum absolute atomic E-state index is 0.413. The SMILES string of the molecule is CC(C(=O)O)c1cn2ccnnc2n1. The van der Waals surface area contributed by atoms with Crippen LogP contribution in [0.4, 0.5) is 0 Å². The van der Waals surface area contributed by atoms with Crippen molar-refractivity contribution in [1.82, 2.24) is 19.6 Å². The lowest BCUT2D eigenvalue weighted by atomic mass is 10.1. The van der Waals surface area contributed by atoms with Gasteiger partial charge in [0, 0.05) is 12.4 Å². The quantitative estimate of drug-likeness (QED) is 0.740. The van der Waals surface area contributed by atoms with E-state index in [4.69, 9.17) is 5.11 Å². The average molecular weight is 192 g/mol. The third-order valence-electron chi connectivity index (χ3n) is 1.99. The fraction of sp³-hybridized carbons (Fsp3) is 0.250. The summed E-state index contributed by atoms with van der Waals surface area (Å²) in [5.41, 5.74) is 0.484. The predicted molar refractivity (Wildman–Crippen MR) is 46.8 cm³/mol. The van der Waals surface area contributed by atoms with Crippen LogP contribution >= 0.6 is 0 Å². The molecule has 0 aliphatic heterocycles. The van der Waals surface area contributed by atoms with E-state index in [1.165, 1.54) is 6.20 Å². The van der Waals surface area contributed by atoms with E-state index in [1.54, 1.807) is 23.7 Å². The maximum atomic E-state index is 10.7. The van der Waals surface area contributed by atoms with Gasteiger partial charge in [-0.1, -0.05) is 0 Å². The number of fused-ring (bicyclic) bond motifs is 1. The highest BCUT2D eigenvalue weighted by Gasteiger charge is 2.17. The lowest BCUT2D eigenvalue weighted by Crippen LogP contribution is -2.07. The second-order valence-electron chi connectivity index (χ2n) is 2.95. The van der Waals surface area contributed by atoms with Gasteiger partial charge < -0.3 is 5.11 Å². The van der Waals surface area contributed by atoms with Gasteiger partial charge in [-0.25, -0.2) is 4.98 Å². The molecule has 0 aliphatic rings. The molecular formula is C8H8N4O2. The number of imidazole rings is 1. The predicted octanol–water partition coefficient (Wildman–Crippen LogP) is 0.312. The molecule has 6 heteroatoms. The van der Waals surface area contributed by atoms with Crippen molar-refractivity contribution in [3.8, 4) is 0 Å². The summed E-state index contributed by atoms with van der Waals surface area (Å²) in [4.78, 5) is 14.7.